The van der Waals surface area contributed by atoms with E-state index in [1.807, 2.05) is 7.05 Å². The summed E-state index contributed by atoms with van der Waals surface area (Å²) in [6, 6.07) is 6.63. The molecule has 0 radical (unpaired) electrons. The van der Waals surface area contributed by atoms with Crippen LogP contribution in [-0.2, 0) is 6.42 Å². The van der Waals surface area contributed by atoms with Crippen LogP contribution in [-0.4, -0.2) is 19.5 Å². The van der Waals surface area contributed by atoms with Gasteiger partial charge >= 0.3 is 0 Å². The van der Waals surface area contributed by atoms with E-state index in [1.165, 1.54) is 11.1 Å². The summed E-state index contributed by atoms with van der Waals surface area (Å²) in [5.74, 6) is 0.622. The zero-order valence-corrected chi connectivity index (χ0v) is 11.4. The Bertz CT molecular complexity index is 442. The Morgan fingerprint density at radius 1 is 1.44 bits per heavy atom. The van der Waals surface area contributed by atoms with Crippen LogP contribution in [0, 0.1) is 5.92 Å². The van der Waals surface area contributed by atoms with Crippen molar-refractivity contribution in [3.8, 4) is 0 Å². The zero-order chi connectivity index (χ0) is 13.1. The third-order valence-corrected chi connectivity index (χ3v) is 3.94. The molecule has 2 unspecified atom stereocenters. The van der Waals surface area contributed by atoms with Crippen molar-refractivity contribution >= 4 is 5.91 Å². The fraction of sp³-hybridized carbons (Fsp3) is 0.533. The van der Waals surface area contributed by atoms with Crippen molar-refractivity contribution in [1.82, 2.24) is 10.6 Å². The molecule has 98 valence electrons. The van der Waals surface area contributed by atoms with Gasteiger partial charge in [-0.2, -0.15) is 0 Å². The monoisotopic (exact) mass is 246 g/mol. The number of rotatable bonds is 4. The summed E-state index contributed by atoms with van der Waals surface area (Å²) < 4.78 is 0. The highest BCUT2D eigenvalue weighted by molar-refractivity contribution is 5.96. The van der Waals surface area contributed by atoms with Gasteiger partial charge in [0, 0.05) is 18.2 Å². The molecule has 3 heteroatoms. The Hall–Kier alpha value is -1.35. The van der Waals surface area contributed by atoms with Crippen LogP contribution in [0.2, 0.25) is 0 Å². The maximum Gasteiger partial charge on any atom is 0.251 e. The SMILES string of the molecule is CCC(C)C(NC)c1ccc2c(c1)C(=O)NCC2. The van der Waals surface area contributed by atoms with Gasteiger partial charge in [-0.15, -0.1) is 0 Å². The van der Waals surface area contributed by atoms with Crippen LogP contribution in [0.4, 0.5) is 0 Å². The van der Waals surface area contributed by atoms with Gasteiger partial charge in [0.1, 0.15) is 0 Å². The second-order valence-electron chi connectivity index (χ2n) is 5.07. The molecule has 1 aliphatic heterocycles. The van der Waals surface area contributed by atoms with Gasteiger partial charge in [-0.3, -0.25) is 4.79 Å². The second kappa shape index (κ2) is 5.53. The minimum atomic E-state index is 0.0668. The lowest BCUT2D eigenvalue weighted by Crippen LogP contribution is -2.32. The van der Waals surface area contributed by atoms with Crippen molar-refractivity contribution in [2.75, 3.05) is 13.6 Å². The smallest absolute Gasteiger partial charge is 0.251 e. The minimum absolute atomic E-state index is 0.0668. The number of hydrogen-bond acceptors (Lipinski definition) is 2. The second-order valence-corrected chi connectivity index (χ2v) is 5.07. The molecule has 1 aromatic carbocycles. The lowest BCUT2D eigenvalue weighted by atomic mass is 9.89. The van der Waals surface area contributed by atoms with E-state index in [9.17, 15) is 4.79 Å². The fourth-order valence-electron chi connectivity index (χ4n) is 2.64. The molecule has 1 amide bonds. The molecule has 0 aliphatic carbocycles. The van der Waals surface area contributed by atoms with Crippen LogP contribution in [0.3, 0.4) is 0 Å². The molecule has 2 rings (SSSR count). The first-order valence-electron chi connectivity index (χ1n) is 6.75. The Balaban J connectivity index is 2.34. The minimum Gasteiger partial charge on any atom is -0.352 e. The van der Waals surface area contributed by atoms with Crippen molar-refractivity contribution in [3.05, 3.63) is 34.9 Å². The predicted octanol–water partition coefficient (Wildman–Crippen LogP) is 2.28. The average Bonchev–Trinajstić information content (AvgIpc) is 2.40. The van der Waals surface area contributed by atoms with Crippen LogP contribution in [0.25, 0.3) is 0 Å². The first-order chi connectivity index (χ1) is 8.67. The molecule has 18 heavy (non-hydrogen) atoms. The third kappa shape index (κ3) is 2.41. The third-order valence-electron chi connectivity index (χ3n) is 3.94. The molecule has 2 atom stereocenters. The molecule has 0 saturated carbocycles. The van der Waals surface area contributed by atoms with Crippen molar-refractivity contribution in [1.29, 1.82) is 0 Å². The topological polar surface area (TPSA) is 41.1 Å². The van der Waals surface area contributed by atoms with Crippen LogP contribution >= 0.6 is 0 Å². The molecule has 3 nitrogen and oxygen atoms in total. The maximum atomic E-state index is 11.9. The number of hydrogen-bond donors (Lipinski definition) is 2. The van der Waals surface area contributed by atoms with Gasteiger partial charge < -0.3 is 10.6 Å². The standard InChI is InChI=1S/C15H22N2O/c1-4-10(2)14(16-3)12-6-5-11-7-8-17-15(18)13(11)9-12/h5-6,9-10,14,16H,4,7-8H2,1-3H3,(H,17,18). The van der Waals surface area contributed by atoms with Crippen LogP contribution in [0.5, 0.6) is 0 Å². The van der Waals surface area contributed by atoms with Crippen LogP contribution in [0.15, 0.2) is 18.2 Å². The van der Waals surface area contributed by atoms with E-state index in [-0.39, 0.29) is 5.91 Å². The van der Waals surface area contributed by atoms with E-state index < -0.39 is 0 Å². The highest BCUT2D eigenvalue weighted by Crippen LogP contribution is 2.26. The maximum absolute atomic E-state index is 11.9. The van der Waals surface area contributed by atoms with Crippen molar-refractivity contribution in [2.24, 2.45) is 5.92 Å². The molecule has 2 N–H and O–H groups in total. The Morgan fingerprint density at radius 3 is 2.89 bits per heavy atom. The van der Waals surface area contributed by atoms with Crippen molar-refractivity contribution in [3.63, 3.8) is 0 Å². The molecule has 0 fully saturated rings. The zero-order valence-electron chi connectivity index (χ0n) is 11.4. The summed E-state index contributed by atoms with van der Waals surface area (Å²) in [4.78, 5) is 11.9. The molecule has 0 spiro atoms. The van der Waals surface area contributed by atoms with Gasteiger partial charge in [-0.05, 0) is 36.6 Å². The van der Waals surface area contributed by atoms with E-state index in [0.29, 0.717) is 12.0 Å². The van der Waals surface area contributed by atoms with Gasteiger partial charge in [0.25, 0.3) is 5.91 Å². The summed E-state index contributed by atoms with van der Waals surface area (Å²) in [6.45, 7) is 5.19. The number of carbonyl (C=O) groups is 1. The molecule has 1 heterocycles. The number of carbonyl (C=O) groups excluding carboxylic acids is 1. The lowest BCUT2D eigenvalue weighted by Gasteiger charge is -2.25. The molecular weight excluding hydrogens is 224 g/mol. The average molecular weight is 246 g/mol. The number of nitrogens with one attached hydrogen (secondary N) is 2. The van der Waals surface area contributed by atoms with E-state index in [4.69, 9.17) is 0 Å². The first kappa shape index (κ1) is 13.1. The highest BCUT2D eigenvalue weighted by Gasteiger charge is 2.21. The van der Waals surface area contributed by atoms with E-state index >= 15 is 0 Å². The molecule has 0 bridgehead atoms. The lowest BCUT2D eigenvalue weighted by molar-refractivity contribution is 0.0946. The Kier molecular flexibility index (Phi) is 4.02. The van der Waals surface area contributed by atoms with Crippen molar-refractivity contribution < 1.29 is 4.79 Å². The van der Waals surface area contributed by atoms with Crippen LogP contribution < -0.4 is 10.6 Å². The number of fused-ring (bicyclic) bond motifs is 1. The van der Waals surface area contributed by atoms with Crippen LogP contribution in [0.1, 0.15) is 47.8 Å². The number of amides is 1. The van der Waals surface area contributed by atoms with E-state index in [1.54, 1.807) is 0 Å². The first-order valence-corrected chi connectivity index (χ1v) is 6.75. The normalized spacial score (nSPS) is 17.8. The Morgan fingerprint density at radius 2 is 2.22 bits per heavy atom. The van der Waals surface area contributed by atoms with E-state index in [0.717, 1.165) is 24.9 Å². The fourth-order valence-corrected chi connectivity index (χ4v) is 2.64. The van der Waals surface area contributed by atoms with Gasteiger partial charge in [-0.1, -0.05) is 32.4 Å². The highest BCUT2D eigenvalue weighted by atomic mass is 16.1. The van der Waals surface area contributed by atoms with Gasteiger partial charge in [0.15, 0.2) is 0 Å². The quantitative estimate of drug-likeness (QED) is 0.855. The van der Waals surface area contributed by atoms with Crippen molar-refractivity contribution in [2.45, 2.75) is 32.7 Å². The summed E-state index contributed by atoms with van der Waals surface area (Å²) in [5, 5.41) is 6.27. The van der Waals surface area contributed by atoms with Gasteiger partial charge in [-0.25, -0.2) is 0 Å². The molecule has 1 aromatic rings. The van der Waals surface area contributed by atoms with Gasteiger partial charge in [0.2, 0.25) is 0 Å². The molecule has 0 aromatic heterocycles. The predicted molar refractivity (Wildman–Crippen MR) is 73.7 cm³/mol. The molecule has 0 saturated heterocycles. The molecule has 1 aliphatic rings. The summed E-state index contributed by atoms with van der Waals surface area (Å²) in [6.07, 6.45) is 2.06. The molecular formula is C15H22N2O. The summed E-state index contributed by atoms with van der Waals surface area (Å²) >= 11 is 0. The van der Waals surface area contributed by atoms with Gasteiger partial charge in [0.05, 0.1) is 0 Å². The largest absolute Gasteiger partial charge is 0.352 e. The number of benzene rings is 1. The summed E-state index contributed by atoms with van der Waals surface area (Å²) in [7, 11) is 1.98. The van der Waals surface area contributed by atoms with E-state index in [2.05, 4.69) is 42.7 Å². The Labute approximate surface area is 109 Å². The summed E-state index contributed by atoms with van der Waals surface area (Å²) in [5.41, 5.74) is 3.23.